The molecule has 2 aliphatic rings. The number of piperazine rings is 1. The molecular weight excluding hydrogens is 320 g/mol. The quantitative estimate of drug-likeness (QED) is 0.833. The molecule has 1 N–H and O–H groups in total. The second-order valence-electron chi connectivity index (χ2n) is 6.86. The maximum atomic E-state index is 12.3. The van der Waals surface area contributed by atoms with Gasteiger partial charge in [0.05, 0.1) is 0 Å². The SMILES string of the molecule is Cc1ccccc1OCC(O)CN1CCN(C(=O)C2CCCO2)CC1. The maximum Gasteiger partial charge on any atom is 0.251 e. The van der Waals surface area contributed by atoms with Crippen molar-refractivity contribution in [2.75, 3.05) is 45.9 Å². The van der Waals surface area contributed by atoms with E-state index in [2.05, 4.69) is 4.90 Å². The number of nitrogens with zero attached hydrogens (tertiary/aromatic N) is 2. The highest BCUT2D eigenvalue weighted by Crippen LogP contribution is 2.17. The van der Waals surface area contributed by atoms with Crippen LogP contribution in [0, 0.1) is 6.92 Å². The van der Waals surface area contributed by atoms with E-state index < -0.39 is 6.10 Å². The summed E-state index contributed by atoms with van der Waals surface area (Å²) in [7, 11) is 0. The monoisotopic (exact) mass is 348 g/mol. The van der Waals surface area contributed by atoms with Crippen LogP contribution in [0.15, 0.2) is 24.3 Å². The minimum absolute atomic E-state index is 0.126. The Morgan fingerprint density at radius 1 is 1.32 bits per heavy atom. The van der Waals surface area contributed by atoms with Crippen molar-refractivity contribution in [3.63, 3.8) is 0 Å². The van der Waals surface area contributed by atoms with E-state index in [1.165, 1.54) is 0 Å². The maximum absolute atomic E-state index is 12.3. The Morgan fingerprint density at radius 3 is 2.76 bits per heavy atom. The van der Waals surface area contributed by atoms with Gasteiger partial charge in [0.2, 0.25) is 0 Å². The zero-order valence-corrected chi connectivity index (χ0v) is 14.9. The van der Waals surface area contributed by atoms with Crippen LogP contribution in [0.5, 0.6) is 5.75 Å². The number of aryl methyl sites for hydroxylation is 1. The number of para-hydroxylation sites is 1. The second kappa shape index (κ2) is 8.65. The second-order valence-corrected chi connectivity index (χ2v) is 6.86. The lowest BCUT2D eigenvalue weighted by molar-refractivity contribution is -0.142. The van der Waals surface area contributed by atoms with E-state index in [0.717, 1.165) is 37.2 Å². The van der Waals surface area contributed by atoms with Crippen molar-refractivity contribution in [1.29, 1.82) is 0 Å². The van der Waals surface area contributed by atoms with E-state index in [4.69, 9.17) is 9.47 Å². The number of carbonyl (C=O) groups excluding carboxylic acids is 1. The lowest BCUT2D eigenvalue weighted by atomic mass is 10.2. The average Bonchev–Trinajstić information content (AvgIpc) is 3.16. The van der Waals surface area contributed by atoms with Crippen LogP contribution in [0.25, 0.3) is 0 Å². The van der Waals surface area contributed by atoms with Crippen molar-refractivity contribution in [2.45, 2.75) is 32.0 Å². The van der Waals surface area contributed by atoms with Gasteiger partial charge in [-0.1, -0.05) is 18.2 Å². The summed E-state index contributed by atoms with van der Waals surface area (Å²) in [6.45, 7) is 6.48. The molecule has 0 aromatic heterocycles. The fraction of sp³-hybridized carbons (Fsp3) is 0.632. The topological polar surface area (TPSA) is 62.2 Å². The van der Waals surface area contributed by atoms with Gasteiger partial charge < -0.3 is 19.5 Å². The molecule has 2 atom stereocenters. The van der Waals surface area contributed by atoms with Gasteiger partial charge in [-0.2, -0.15) is 0 Å². The molecule has 25 heavy (non-hydrogen) atoms. The Hall–Kier alpha value is -1.63. The summed E-state index contributed by atoms with van der Waals surface area (Å²) in [6, 6.07) is 7.80. The molecule has 1 aromatic rings. The van der Waals surface area contributed by atoms with Gasteiger partial charge >= 0.3 is 0 Å². The van der Waals surface area contributed by atoms with Gasteiger partial charge in [0.15, 0.2) is 0 Å². The molecule has 1 amide bonds. The molecule has 0 aliphatic carbocycles. The molecule has 0 radical (unpaired) electrons. The third-order valence-corrected chi connectivity index (χ3v) is 4.88. The van der Waals surface area contributed by atoms with E-state index in [-0.39, 0.29) is 18.6 Å². The molecule has 2 saturated heterocycles. The standard InChI is InChI=1S/C19H28N2O4/c1-15-5-2-3-6-17(15)25-14-16(22)13-20-8-10-21(11-9-20)19(23)18-7-4-12-24-18/h2-3,5-6,16,18,22H,4,7-14H2,1H3. The molecule has 0 spiro atoms. The molecule has 2 heterocycles. The summed E-state index contributed by atoms with van der Waals surface area (Å²) in [5.74, 6) is 0.939. The first-order valence-corrected chi connectivity index (χ1v) is 9.13. The van der Waals surface area contributed by atoms with Crippen molar-refractivity contribution in [3.05, 3.63) is 29.8 Å². The van der Waals surface area contributed by atoms with Gasteiger partial charge in [-0.3, -0.25) is 9.69 Å². The molecule has 2 unspecified atom stereocenters. The van der Waals surface area contributed by atoms with Crippen LogP contribution in [-0.2, 0) is 9.53 Å². The van der Waals surface area contributed by atoms with Crippen molar-refractivity contribution in [2.24, 2.45) is 0 Å². The summed E-state index contributed by atoms with van der Waals surface area (Å²) < 4.78 is 11.2. The minimum atomic E-state index is -0.542. The summed E-state index contributed by atoms with van der Waals surface area (Å²) in [5.41, 5.74) is 1.07. The van der Waals surface area contributed by atoms with E-state index in [0.29, 0.717) is 26.2 Å². The van der Waals surface area contributed by atoms with E-state index in [1.807, 2.05) is 36.1 Å². The molecule has 2 fully saturated rings. The Balaban J connectivity index is 1.38. The highest BCUT2D eigenvalue weighted by molar-refractivity contribution is 5.81. The smallest absolute Gasteiger partial charge is 0.251 e. The van der Waals surface area contributed by atoms with Crippen LogP contribution in [0.1, 0.15) is 18.4 Å². The molecule has 6 nitrogen and oxygen atoms in total. The summed E-state index contributed by atoms with van der Waals surface area (Å²) in [4.78, 5) is 16.4. The minimum Gasteiger partial charge on any atom is -0.491 e. The number of rotatable bonds is 6. The van der Waals surface area contributed by atoms with E-state index in [9.17, 15) is 9.90 Å². The van der Waals surface area contributed by atoms with Crippen LogP contribution in [0.3, 0.4) is 0 Å². The summed E-state index contributed by atoms with van der Waals surface area (Å²) >= 11 is 0. The number of hydrogen-bond donors (Lipinski definition) is 1. The Kier molecular flexibility index (Phi) is 6.29. The average molecular weight is 348 g/mol. The van der Waals surface area contributed by atoms with Crippen LogP contribution in [0.2, 0.25) is 0 Å². The first-order chi connectivity index (χ1) is 12.1. The first-order valence-electron chi connectivity index (χ1n) is 9.13. The normalized spacial score (nSPS) is 22.8. The summed E-state index contributed by atoms with van der Waals surface area (Å²) in [5, 5.41) is 10.2. The molecule has 0 saturated carbocycles. The molecule has 6 heteroatoms. The molecule has 3 rings (SSSR count). The number of aliphatic hydroxyl groups excluding tert-OH is 1. The van der Waals surface area contributed by atoms with Crippen LogP contribution in [-0.4, -0.2) is 79.0 Å². The largest absolute Gasteiger partial charge is 0.491 e. The number of ether oxygens (including phenoxy) is 2. The molecular formula is C19H28N2O4. The van der Waals surface area contributed by atoms with E-state index in [1.54, 1.807) is 0 Å². The van der Waals surface area contributed by atoms with Crippen LogP contribution >= 0.6 is 0 Å². The fourth-order valence-electron chi connectivity index (χ4n) is 3.38. The van der Waals surface area contributed by atoms with Gasteiger partial charge in [0.1, 0.15) is 24.6 Å². The van der Waals surface area contributed by atoms with Crippen molar-refractivity contribution in [1.82, 2.24) is 9.80 Å². The van der Waals surface area contributed by atoms with Gasteiger partial charge in [0, 0.05) is 39.3 Å². The first kappa shape index (κ1) is 18.2. The van der Waals surface area contributed by atoms with Crippen molar-refractivity contribution in [3.8, 4) is 5.75 Å². The number of benzene rings is 1. The molecule has 1 aromatic carbocycles. The zero-order valence-electron chi connectivity index (χ0n) is 14.9. The van der Waals surface area contributed by atoms with Crippen LogP contribution < -0.4 is 4.74 Å². The van der Waals surface area contributed by atoms with Gasteiger partial charge in [-0.15, -0.1) is 0 Å². The van der Waals surface area contributed by atoms with Crippen LogP contribution in [0.4, 0.5) is 0 Å². The third kappa shape index (κ3) is 4.93. The number of hydrogen-bond acceptors (Lipinski definition) is 5. The molecule has 2 aliphatic heterocycles. The number of aliphatic hydroxyl groups is 1. The predicted molar refractivity (Wildman–Crippen MR) is 94.7 cm³/mol. The Labute approximate surface area is 149 Å². The van der Waals surface area contributed by atoms with Gasteiger partial charge in [-0.05, 0) is 31.4 Å². The zero-order chi connectivity index (χ0) is 17.6. The lowest BCUT2D eigenvalue weighted by Gasteiger charge is -2.36. The number of amides is 1. The third-order valence-electron chi connectivity index (χ3n) is 4.88. The fourth-order valence-corrected chi connectivity index (χ4v) is 3.38. The number of carbonyl (C=O) groups is 1. The number of β-amino-alcohol motifs (C(OH)–C–C–N with tert-alkyl or cyclic N) is 1. The van der Waals surface area contributed by atoms with E-state index >= 15 is 0 Å². The molecule has 0 bridgehead atoms. The predicted octanol–water partition coefficient (Wildman–Crippen LogP) is 1.06. The van der Waals surface area contributed by atoms with Gasteiger partial charge in [-0.25, -0.2) is 0 Å². The highest BCUT2D eigenvalue weighted by atomic mass is 16.5. The lowest BCUT2D eigenvalue weighted by Crippen LogP contribution is -2.53. The molecule has 138 valence electrons. The van der Waals surface area contributed by atoms with Crippen molar-refractivity contribution < 1.29 is 19.4 Å². The summed E-state index contributed by atoms with van der Waals surface area (Å²) in [6.07, 6.45) is 1.04. The Bertz CT molecular complexity index is 566. The van der Waals surface area contributed by atoms with Gasteiger partial charge in [0.25, 0.3) is 5.91 Å². The highest BCUT2D eigenvalue weighted by Gasteiger charge is 2.30. The van der Waals surface area contributed by atoms with Crippen molar-refractivity contribution >= 4 is 5.91 Å². The Morgan fingerprint density at radius 2 is 2.08 bits per heavy atom.